The lowest BCUT2D eigenvalue weighted by molar-refractivity contribution is -0.146. The van der Waals surface area contributed by atoms with Crippen molar-refractivity contribution in [1.82, 2.24) is 4.90 Å². The summed E-state index contributed by atoms with van der Waals surface area (Å²) in [6.45, 7) is 1.19. The van der Waals surface area contributed by atoms with Gasteiger partial charge in [0.1, 0.15) is 0 Å². The number of likely N-dealkylation sites (tertiary alicyclic amines) is 1. The number of methoxy groups -OCH3 is 1. The Morgan fingerprint density at radius 3 is 2.38 bits per heavy atom. The standard InChI is InChI=1S/C21H23NO3S/c1-25-21(24)17-11-13-22(14-12-17)20(23)18-9-5-6-10-19(18)26-15-16-7-3-2-4-8-16/h2-10,17H,11-15H2,1H3. The van der Waals surface area contributed by atoms with Crippen molar-refractivity contribution in [3.05, 3.63) is 65.7 Å². The molecule has 1 aliphatic heterocycles. The van der Waals surface area contributed by atoms with Gasteiger partial charge in [-0.05, 0) is 30.5 Å². The Balaban J connectivity index is 1.65. The molecule has 0 aliphatic carbocycles. The molecule has 136 valence electrons. The van der Waals surface area contributed by atoms with Crippen LogP contribution < -0.4 is 0 Å². The quantitative estimate of drug-likeness (QED) is 0.590. The zero-order chi connectivity index (χ0) is 18.4. The molecular weight excluding hydrogens is 346 g/mol. The first-order valence-corrected chi connectivity index (χ1v) is 9.80. The first-order chi connectivity index (χ1) is 12.7. The Morgan fingerprint density at radius 2 is 1.69 bits per heavy atom. The summed E-state index contributed by atoms with van der Waals surface area (Å²) in [4.78, 5) is 27.5. The molecule has 1 fully saturated rings. The Kier molecular flexibility index (Phi) is 6.34. The minimum absolute atomic E-state index is 0.0458. The molecule has 2 aromatic carbocycles. The molecular formula is C21H23NO3S. The Labute approximate surface area is 158 Å². The highest BCUT2D eigenvalue weighted by Crippen LogP contribution is 2.28. The summed E-state index contributed by atoms with van der Waals surface area (Å²) < 4.78 is 4.82. The molecule has 0 radical (unpaired) electrons. The second-order valence-corrected chi connectivity index (χ2v) is 7.38. The van der Waals surface area contributed by atoms with E-state index in [2.05, 4.69) is 12.1 Å². The number of esters is 1. The second-order valence-electron chi connectivity index (χ2n) is 6.36. The third-order valence-corrected chi connectivity index (χ3v) is 5.82. The van der Waals surface area contributed by atoms with Crippen LogP contribution in [0.15, 0.2) is 59.5 Å². The number of benzene rings is 2. The Morgan fingerprint density at radius 1 is 1.04 bits per heavy atom. The molecule has 0 unspecified atom stereocenters. The molecule has 26 heavy (non-hydrogen) atoms. The van der Waals surface area contributed by atoms with Gasteiger partial charge in [0.05, 0.1) is 18.6 Å². The summed E-state index contributed by atoms with van der Waals surface area (Å²) in [5.74, 6) is 0.613. The third-order valence-electron chi connectivity index (χ3n) is 4.67. The van der Waals surface area contributed by atoms with Crippen LogP contribution in [-0.2, 0) is 15.3 Å². The van der Waals surface area contributed by atoms with E-state index in [0.29, 0.717) is 25.9 Å². The molecule has 4 nitrogen and oxygen atoms in total. The van der Waals surface area contributed by atoms with Crippen molar-refractivity contribution in [1.29, 1.82) is 0 Å². The number of thioether (sulfide) groups is 1. The first-order valence-electron chi connectivity index (χ1n) is 8.82. The summed E-state index contributed by atoms with van der Waals surface area (Å²) in [6.07, 6.45) is 1.33. The van der Waals surface area contributed by atoms with Crippen molar-refractivity contribution in [3.63, 3.8) is 0 Å². The van der Waals surface area contributed by atoms with Crippen LogP contribution in [0.5, 0.6) is 0 Å². The minimum Gasteiger partial charge on any atom is -0.469 e. The molecule has 1 saturated heterocycles. The van der Waals surface area contributed by atoms with Crippen LogP contribution in [0.2, 0.25) is 0 Å². The maximum Gasteiger partial charge on any atom is 0.308 e. The average Bonchev–Trinajstić information content (AvgIpc) is 2.72. The molecule has 0 N–H and O–H groups in total. The van der Waals surface area contributed by atoms with Crippen LogP contribution >= 0.6 is 11.8 Å². The van der Waals surface area contributed by atoms with Gasteiger partial charge >= 0.3 is 5.97 Å². The van der Waals surface area contributed by atoms with Gasteiger partial charge in [-0.1, -0.05) is 42.5 Å². The fourth-order valence-electron chi connectivity index (χ4n) is 3.16. The van der Waals surface area contributed by atoms with E-state index in [0.717, 1.165) is 16.2 Å². The highest BCUT2D eigenvalue weighted by Gasteiger charge is 2.29. The van der Waals surface area contributed by atoms with E-state index in [9.17, 15) is 9.59 Å². The lowest BCUT2D eigenvalue weighted by Crippen LogP contribution is -2.40. The summed E-state index contributed by atoms with van der Waals surface area (Å²) >= 11 is 1.68. The maximum atomic E-state index is 13.0. The fourth-order valence-corrected chi connectivity index (χ4v) is 4.16. The van der Waals surface area contributed by atoms with E-state index in [-0.39, 0.29) is 17.8 Å². The molecule has 3 rings (SSSR count). The molecule has 1 amide bonds. The van der Waals surface area contributed by atoms with Gasteiger partial charge in [0.15, 0.2) is 0 Å². The summed E-state index contributed by atoms with van der Waals surface area (Å²) in [5, 5.41) is 0. The smallest absolute Gasteiger partial charge is 0.308 e. The van der Waals surface area contributed by atoms with E-state index in [1.54, 1.807) is 11.8 Å². The SMILES string of the molecule is COC(=O)C1CCN(C(=O)c2ccccc2SCc2ccccc2)CC1. The van der Waals surface area contributed by atoms with Crippen LogP contribution in [0, 0.1) is 5.92 Å². The number of rotatable bonds is 5. The van der Waals surface area contributed by atoms with E-state index < -0.39 is 0 Å². The molecule has 2 aromatic rings. The highest BCUT2D eigenvalue weighted by molar-refractivity contribution is 7.98. The lowest BCUT2D eigenvalue weighted by atomic mass is 9.96. The van der Waals surface area contributed by atoms with Crippen LogP contribution in [-0.4, -0.2) is 37.0 Å². The van der Waals surface area contributed by atoms with E-state index >= 15 is 0 Å². The van der Waals surface area contributed by atoms with Gasteiger partial charge in [0.25, 0.3) is 5.91 Å². The molecule has 5 heteroatoms. The number of hydrogen-bond acceptors (Lipinski definition) is 4. The highest BCUT2D eigenvalue weighted by atomic mass is 32.2. The predicted molar refractivity (Wildman–Crippen MR) is 103 cm³/mol. The number of ether oxygens (including phenoxy) is 1. The maximum absolute atomic E-state index is 13.0. The normalized spacial score (nSPS) is 14.9. The predicted octanol–water partition coefficient (Wildman–Crippen LogP) is 4.00. The Hall–Kier alpha value is -2.27. The molecule has 0 saturated carbocycles. The molecule has 0 atom stereocenters. The largest absolute Gasteiger partial charge is 0.469 e. The van der Waals surface area contributed by atoms with Gasteiger partial charge in [0, 0.05) is 23.7 Å². The fraction of sp³-hybridized carbons (Fsp3) is 0.333. The van der Waals surface area contributed by atoms with Gasteiger partial charge < -0.3 is 9.64 Å². The zero-order valence-corrected chi connectivity index (χ0v) is 15.7. The number of carbonyl (C=O) groups is 2. The zero-order valence-electron chi connectivity index (χ0n) is 14.9. The average molecular weight is 369 g/mol. The molecule has 0 aromatic heterocycles. The monoisotopic (exact) mass is 369 g/mol. The van der Waals surface area contributed by atoms with Gasteiger partial charge in [-0.25, -0.2) is 0 Å². The summed E-state index contributed by atoms with van der Waals surface area (Å²) in [7, 11) is 1.42. The van der Waals surface area contributed by atoms with Crippen molar-refractivity contribution in [2.24, 2.45) is 5.92 Å². The number of nitrogens with zero attached hydrogens (tertiary/aromatic N) is 1. The molecule has 1 aliphatic rings. The van der Waals surface area contributed by atoms with Crippen LogP contribution in [0.4, 0.5) is 0 Å². The number of piperidine rings is 1. The van der Waals surface area contributed by atoms with Gasteiger partial charge in [-0.3, -0.25) is 9.59 Å². The van der Waals surface area contributed by atoms with E-state index in [1.807, 2.05) is 47.4 Å². The molecule has 0 spiro atoms. The van der Waals surface area contributed by atoms with Crippen molar-refractivity contribution < 1.29 is 14.3 Å². The second kappa shape index (κ2) is 8.90. The van der Waals surface area contributed by atoms with E-state index in [1.165, 1.54) is 12.7 Å². The summed E-state index contributed by atoms with van der Waals surface area (Å²) in [6, 6.07) is 18.0. The van der Waals surface area contributed by atoms with Crippen molar-refractivity contribution >= 4 is 23.6 Å². The lowest BCUT2D eigenvalue weighted by Gasteiger charge is -2.31. The van der Waals surface area contributed by atoms with Gasteiger partial charge in [-0.2, -0.15) is 0 Å². The van der Waals surface area contributed by atoms with Gasteiger partial charge in [-0.15, -0.1) is 11.8 Å². The van der Waals surface area contributed by atoms with Crippen molar-refractivity contribution in [3.8, 4) is 0 Å². The third kappa shape index (κ3) is 4.47. The Bertz CT molecular complexity index is 755. The van der Waals surface area contributed by atoms with Crippen LogP contribution in [0.3, 0.4) is 0 Å². The first kappa shape index (κ1) is 18.5. The number of hydrogen-bond donors (Lipinski definition) is 0. The summed E-state index contributed by atoms with van der Waals surface area (Å²) in [5.41, 5.74) is 1.98. The van der Waals surface area contributed by atoms with Crippen molar-refractivity contribution in [2.45, 2.75) is 23.5 Å². The van der Waals surface area contributed by atoms with Crippen LogP contribution in [0.25, 0.3) is 0 Å². The molecule has 0 bridgehead atoms. The number of carbonyl (C=O) groups excluding carboxylic acids is 2. The minimum atomic E-state index is -0.170. The number of amides is 1. The van der Waals surface area contributed by atoms with Gasteiger partial charge in [0.2, 0.25) is 0 Å². The van der Waals surface area contributed by atoms with E-state index in [4.69, 9.17) is 4.74 Å². The van der Waals surface area contributed by atoms with Crippen molar-refractivity contribution in [2.75, 3.05) is 20.2 Å². The van der Waals surface area contributed by atoms with Crippen LogP contribution in [0.1, 0.15) is 28.8 Å². The molecule has 1 heterocycles. The topological polar surface area (TPSA) is 46.6 Å².